The van der Waals surface area contributed by atoms with Gasteiger partial charge in [0.15, 0.2) is 0 Å². The Hall–Kier alpha value is -0.821. The van der Waals surface area contributed by atoms with Crippen LogP contribution in [0, 0.1) is 5.92 Å². The van der Waals surface area contributed by atoms with Gasteiger partial charge in [-0.3, -0.25) is 0 Å². The zero-order chi connectivity index (χ0) is 13.4. The first-order chi connectivity index (χ1) is 9.90. The van der Waals surface area contributed by atoms with E-state index in [1.807, 2.05) is 0 Å². The summed E-state index contributed by atoms with van der Waals surface area (Å²) in [6.45, 7) is 0. The molecule has 2 aliphatic rings. The summed E-state index contributed by atoms with van der Waals surface area (Å²) in [5.41, 5.74) is 0. The Morgan fingerprint density at radius 1 is 0.950 bits per heavy atom. The molecule has 1 aliphatic heterocycles. The fourth-order valence-corrected chi connectivity index (χ4v) is 6.35. The van der Waals surface area contributed by atoms with Crippen LogP contribution in [0.1, 0.15) is 32.1 Å². The van der Waals surface area contributed by atoms with E-state index < -0.39 is 0 Å². The topological polar surface area (TPSA) is 9.23 Å². The molecule has 2 heteroatoms. The van der Waals surface area contributed by atoms with Gasteiger partial charge in [-0.1, -0.05) is 0 Å². The van der Waals surface area contributed by atoms with Crippen LogP contribution in [-0.4, -0.2) is 26.1 Å². The van der Waals surface area contributed by atoms with Crippen LogP contribution in [0.5, 0.6) is 0 Å². The summed E-state index contributed by atoms with van der Waals surface area (Å²) in [6.07, 6.45) is 7.35. The predicted octanol–water partition coefficient (Wildman–Crippen LogP) is 3.47. The van der Waals surface area contributed by atoms with Crippen LogP contribution < -0.4 is 4.46 Å². The van der Waals surface area contributed by atoms with Crippen LogP contribution in [0.4, 0.5) is 0 Å². The predicted molar refractivity (Wildman–Crippen MR) is 84.6 cm³/mol. The molecule has 2 aromatic carbocycles. The molecule has 104 valence electrons. The molecule has 0 spiro atoms. The Labute approximate surface area is 126 Å². The van der Waals surface area contributed by atoms with E-state index in [1.54, 1.807) is 0 Å². The van der Waals surface area contributed by atoms with Crippen LogP contribution >= 0.6 is 0 Å². The molecule has 20 heavy (non-hydrogen) atoms. The van der Waals surface area contributed by atoms with Gasteiger partial charge in [-0.15, -0.1) is 0 Å². The number of hydrogen-bond acceptors (Lipinski definition) is 1. The molecule has 2 fully saturated rings. The van der Waals surface area contributed by atoms with Gasteiger partial charge >= 0.3 is 127 Å². The third-order valence-electron chi connectivity index (χ3n) is 4.67. The Bertz CT molecular complexity index is 590. The van der Waals surface area contributed by atoms with Gasteiger partial charge in [0.2, 0.25) is 0 Å². The summed E-state index contributed by atoms with van der Waals surface area (Å²) < 4.78 is 7.86. The van der Waals surface area contributed by atoms with Gasteiger partial charge in [0.1, 0.15) is 0 Å². The van der Waals surface area contributed by atoms with Gasteiger partial charge in [-0.05, 0) is 0 Å². The summed E-state index contributed by atoms with van der Waals surface area (Å²) in [6, 6.07) is 15.5. The molecule has 2 aromatic rings. The second-order valence-electron chi connectivity index (χ2n) is 5.98. The molecule has 1 saturated carbocycles. The SMILES string of the molecule is c1ccc2c([Se][C@H]3C[C@@H]4CCCC[C@H]4O3)cccc2c1. The first kappa shape index (κ1) is 12.9. The molecule has 1 aliphatic carbocycles. The Morgan fingerprint density at radius 2 is 1.80 bits per heavy atom. The van der Waals surface area contributed by atoms with E-state index in [1.165, 1.54) is 47.3 Å². The molecule has 4 rings (SSSR count). The van der Waals surface area contributed by atoms with E-state index in [2.05, 4.69) is 42.5 Å². The van der Waals surface area contributed by atoms with Crippen LogP contribution in [-0.2, 0) is 4.74 Å². The van der Waals surface area contributed by atoms with Crippen molar-refractivity contribution in [2.24, 2.45) is 5.92 Å². The maximum absolute atomic E-state index is 6.35. The molecule has 0 unspecified atom stereocenters. The van der Waals surface area contributed by atoms with E-state index in [4.69, 9.17) is 4.74 Å². The van der Waals surface area contributed by atoms with Gasteiger partial charge in [-0.2, -0.15) is 0 Å². The van der Waals surface area contributed by atoms with Crippen molar-refractivity contribution in [3.63, 3.8) is 0 Å². The minimum atomic E-state index is 0.443. The Morgan fingerprint density at radius 3 is 2.75 bits per heavy atom. The van der Waals surface area contributed by atoms with Gasteiger partial charge < -0.3 is 0 Å². The zero-order valence-corrected chi connectivity index (χ0v) is 13.3. The average molecular weight is 331 g/mol. The summed E-state index contributed by atoms with van der Waals surface area (Å²) in [4.78, 5) is 0. The van der Waals surface area contributed by atoms with Crippen molar-refractivity contribution in [1.82, 2.24) is 0 Å². The molecule has 0 N–H and O–H groups in total. The van der Waals surface area contributed by atoms with E-state index in [0.29, 0.717) is 26.1 Å². The van der Waals surface area contributed by atoms with Gasteiger partial charge in [-0.25, -0.2) is 0 Å². The van der Waals surface area contributed by atoms with Crippen LogP contribution in [0.25, 0.3) is 10.8 Å². The average Bonchev–Trinajstić information content (AvgIpc) is 2.90. The first-order valence-corrected chi connectivity index (χ1v) is 9.54. The van der Waals surface area contributed by atoms with E-state index in [0.717, 1.165) is 5.92 Å². The quantitative estimate of drug-likeness (QED) is 0.766. The third kappa shape index (κ3) is 2.41. The molecular weight excluding hydrogens is 311 g/mol. The molecule has 1 saturated heterocycles. The number of benzene rings is 2. The van der Waals surface area contributed by atoms with Crippen molar-refractivity contribution in [3.05, 3.63) is 42.5 Å². The monoisotopic (exact) mass is 332 g/mol. The third-order valence-corrected chi connectivity index (χ3v) is 7.14. The molecule has 0 amide bonds. The normalized spacial score (nSPS) is 29.5. The second-order valence-corrected chi connectivity index (χ2v) is 8.50. The fraction of sp³-hybridized carbons (Fsp3) is 0.444. The number of ether oxygens (including phenoxy) is 1. The Balaban J connectivity index is 1.56. The molecule has 1 nitrogen and oxygen atoms in total. The maximum atomic E-state index is 6.35. The number of hydrogen-bond donors (Lipinski definition) is 0. The first-order valence-electron chi connectivity index (χ1n) is 7.70. The van der Waals surface area contributed by atoms with Crippen molar-refractivity contribution in [3.8, 4) is 0 Å². The fourth-order valence-electron chi connectivity index (χ4n) is 3.64. The van der Waals surface area contributed by atoms with Gasteiger partial charge in [0.25, 0.3) is 0 Å². The van der Waals surface area contributed by atoms with Crippen molar-refractivity contribution in [2.75, 3.05) is 0 Å². The van der Waals surface area contributed by atoms with Gasteiger partial charge in [0, 0.05) is 0 Å². The second kappa shape index (κ2) is 5.52. The number of rotatable bonds is 2. The summed E-state index contributed by atoms with van der Waals surface area (Å²) in [7, 11) is 0. The number of fused-ring (bicyclic) bond motifs is 2. The molecule has 0 radical (unpaired) electrons. The van der Waals surface area contributed by atoms with Crippen molar-refractivity contribution in [1.29, 1.82) is 0 Å². The summed E-state index contributed by atoms with van der Waals surface area (Å²) >= 11 is 0.443. The minimum absolute atomic E-state index is 0.443. The van der Waals surface area contributed by atoms with Gasteiger partial charge in [0.05, 0.1) is 0 Å². The van der Waals surface area contributed by atoms with E-state index >= 15 is 0 Å². The molecular formula is C18H20OSe. The summed E-state index contributed by atoms with van der Waals surface area (Å²) in [5, 5.41) is 3.29. The summed E-state index contributed by atoms with van der Waals surface area (Å²) in [5.74, 6) is 0.852. The van der Waals surface area contributed by atoms with Crippen molar-refractivity contribution < 1.29 is 4.74 Å². The molecule has 1 heterocycles. The van der Waals surface area contributed by atoms with Crippen molar-refractivity contribution in [2.45, 2.75) is 43.2 Å². The standard InChI is InChI=1S/C18H20OSe/c1-3-9-15-13(6-1)8-5-11-17(15)20-18-12-14-7-2-4-10-16(14)19-18/h1,3,5-6,8-9,11,14,16,18H,2,4,7,10,12H2/t14-,16+,18-/m0/s1. The van der Waals surface area contributed by atoms with E-state index in [9.17, 15) is 0 Å². The molecule has 3 atom stereocenters. The van der Waals surface area contributed by atoms with Crippen LogP contribution in [0.3, 0.4) is 0 Å². The Kier molecular flexibility index (Phi) is 3.56. The van der Waals surface area contributed by atoms with Crippen LogP contribution in [0.2, 0.25) is 0 Å². The van der Waals surface area contributed by atoms with Crippen LogP contribution in [0.15, 0.2) is 42.5 Å². The molecule has 0 bridgehead atoms. The van der Waals surface area contributed by atoms with Crippen molar-refractivity contribution >= 4 is 30.2 Å². The zero-order valence-electron chi connectivity index (χ0n) is 11.6. The molecule has 0 aromatic heterocycles. The van der Waals surface area contributed by atoms with E-state index in [-0.39, 0.29) is 0 Å².